The lowest BCUT2D eigenvalue weighted by molar-refractivity contribution is -0.0559. The molecule has 0 saturated carbocycles. The maximum atomic E-state index is 11.7. The van der Waals surface area contributed by atoms with Gasteiger partial charge in [-0.2, -0.15) is 9.67 Å². The van der Waals surface area contributed by atoms with Gasteiger partial charge in [-0.1, -0.05) is 11.1 Å². The van der Waals surface area contributed by atoms with Crippen molar-refractivity contribution in [1.82, 2.24) is 25.0 Å². The number of H-pyrrole nitrogens is 1. The van der Waals surface area contributed by atoms with Crippen molar-refractivity contribution in [3.8, 4) is 12.3 Å². The monoisotopic (exact) mass is 292 g/mol. The van der Waals surface area contributed by atoms with Crippen LogP contribution in [0.25, 0.3) is 11.2 Å². The number of hydrogen-bond acceptors (Lipinski definition) is 8. The van der Waals surface area contributed by atoms with E-state index >= 15 is 0 Å². The number of nitrogen functional groups attached to an aromatic ring is 1. The fraction of sp³-hybridized carbons (Fsp3) is 0.455. The topological polar surface area (TPSA) is 152 Å². The molecular formula is C11H12N6O4. The van der Waals surface area contributed by atoms with Crippen LogP contribution < -0.4 is 11.3 Å². The van der Waals surface area contributed by atoms with Crippen LogP contribution in [-0.4, -0.2) is 54.0 Å². The van der Waals surface area contributed by atoms with Crippen LogP contribution in [0.3, 0.4) is 0 Å². The van der Waals surface area contributed by atoms with Gasteiger partial charge in [0.05, 0.1) is 18.6 Å². The zero-order valence-corrected chi connectivity index (χ0v) is 10.7. The quantitative estimate of drug-likeness (QED) is 0.447. The number of aromatic nitrogens is 5. The number of fused-ring (bicyclic) bond motifs is 1. The molecular weight excluding hydrogens is 280 g/mol. The van der Waals surface area contributed by atoms with Gasteiger partial charge in [-0.25, -0.2) is 0 Å². The van der Waals surface area contributed by atoms with E-state index in [-0.39, 0.29) is 23.7 Å². The molecule has 0 aromatic carbocycles. The molecule has 0 spiro atoms. The number of aliphatic hydroxyl groups is 2. The Morgan fingerprint density at radius 1 is 1.57 bits per heavy atom. The minimum atomic E-state index is -1.13. The van der Waals surface area contributed by atoms with Gasteiger partial charge in [0.15, 0.2) is 17.4 Å². The first kappa shape index (κ1) is 13.5. The lowest BCUT2D eigenvalue weighted by atomic mass is 10.00. The molecule has 2 aromatic rings. The minimum absolute atomic E-state index is 0.0373. The average Bonchev–Trinajstić information content (AvgIpc) is 2.99. The third kappa shape index (κ3) is 1.95. The molecule has 0 radical (unpaired) electrons. The van der Waals surface area contributed by atoms with Crippen molar-refractivity contribution in [3.05, 3.63) is 10.4 Å². The Labute approximate surface area is 117 Å². The largest absolute Gasteiger partial charge is 0.394 e. The summed E-state index contributed by atoms with van der Waals surface area (Å²) in [5.41, 5.74) is 4.96. The molecule has 2 aromatic heterocycles. The summed E-state index contributed by atoms with van der Waals surface area (Å²) in [5, 5.41) is 26.9. The number of nitrogens with zero attached hydrogens (tertiary/aromatic N) is 4. The lowest BCUT2D eigenvalue weighted by Crippen LogP contribution is -2.27. The van der Waals surface area contributed by atoms with E-state index in [1.807, 2.05) is 0 Å². The number of rotatable bonds is 2. The molecule has 4 atom stereocenters. The van der Waals surface area contributed by atoms with E-state index in [0.717, 1.165) is 4.68 Å². The molecule has 3 heterocycles. The molecule has 3 rings (SSSR count). The average molecular weight is 292 g/mol. The number of nitrogens with one attached hydrogen (secondary N) is 1. The number of ether oxygens (including phenoxy) is 1. The summed E-state index contributed by atoms with van der Waals surface area (Å²) < 4.78 is 6.61. The highest BCUT2D eigenvalue weighted by Crippen LogP contribution is 2.33. The van der Waals surface area contributed by atoms with Gasteiger partial charge in [0.1, 0.15) is 6.10 Å². The van der Waals surface area contributed by atoms with Crippen molar-refractivity contribution in [2.75, 3.05) is 12.3 Å². The van der Waals surface area contributed by atoms with Crippen LogP contribution in [0, 0.1) is 18.3 Å². The summed E-state index contributed by atoms with van der Waals surface area (Å²) >= 11 is 0. The highest BCUT2D eigenvalue weighted by atomic mass is 16.5. The second-order valence-electron chi connectivity index (χ2n) is 4.59. The van der Waals surface area contributed by atoms with Gasteiger partial charge < -0.3 is 20.7 Å². The Hall–Kier alpha value is -2.48. The third-order valence-corrected chi connectivity index (χ3v) is 3.34. The molecule has 0 amide bonds. The summed E-state index contributed by atoms with van der Waals surface area (Å²) in [5.74, 6) is 1.54. The predicted octanol–water partition coefficient (Wildman–Crippen LogP) is -2.40. The van der Waals surface area contributed by atoms with Crippen molar-refractivity contribution in [1.29, 1.82) is 0 Å². The van der Waals surface area contributed by atoms with E-state index in [9.17, 15) is 15.0 Å². The van der Waals surface area contributed by atoms with Gasteiger partial charge in [0, 0.05) is 0 Å². The second kappa shape index (κ2) is 4.81. The zero-order chi connectivity index (χ0) is 15.1. The predicted molar refractivity (Wildman–Crippen MR) is 69.7 cm³/mol. The summed E-state index contributed by atoms with van der Waals surface area (Å²) in [7, 11) is 0. The Kier molecular flexibility index (Phi) is 3.09. The van der Waals surface area contributed by atoms with Crippen molar-refractivity contribution < 1.29 is 14.9 Å². The Morgan fingerprint density at radius 2 is 2.33 bits per heavy atom. The van der Waals surface area contributed by atoms with E-state index in [2.05, 4.69) is 26.2 Å². The molecule has 1 aliphatic heterocycles. The smallest absolute Gasteiger partial charge is 0.282 e. The molecule has 5 N–H and O–H groups in total. The first-order valence-electron chi connectivity index (χ1n) is 6.08. The normalized spacial score (nSPS) is 28.8. The fourth-order valence-electron chi connectivity index (χ4n) is 2.33. The number of nitrogens with two attached hydrogens (primary N) is 1. The van der Waals surface area contributed by atoms with Crippen molar-refractivity contribution in [2.45, 2.75) is 18.4 Å². The van der Waals surface area contributed by atoms with Gasteiger partial charge in [-0.15, -0.1) is 11.5 Å². The standard InChI is InChI=1S/C11H12N6O4/c1-2-4-5(3-18)21-10(7(4)19)17-8-6(15-16-17)9(20)14-11(12)13-8/h1,4-5,7,10,18-19H,3H2,(H3,12,13,14,20). The number of aromatic amines is 1. The van der Waals surface area contributed by atoms with Crippen molar-refractivity contribution in [2.24, 2.45) is 5.92 Å². The second-order valence-corrected chi connectivity index (χ2v) is 4.59. The van der Waals surface area contributed by atoms with Crippen LogP contribution in [0.4, 0.5) is 5.95 Å². The van der Waals surface area contributed by atoms with E-state index in [1.54, 1.807) is 0 Å². The van der Waals surface area contributed by atoms with Gasteiger partial charge in [-0.3, -0.25) is 9.78 Å². The summed E-state index contributed by atoms with van der Waals surface area (Å²) in [6.45, 7) is -0.356. The number of aliphatic hydroxyl groups excluding tert-OH is 2. The molecule has 4 unspecified atom stereocenters. The molecule has 0 aliphatic carbocycles. The maximum absolute atomic E-state index is 11.7. The molecule has 21 heavy (non-hydrogen) atoms. The fourth-order valence-corrected chi connectivity index (χ4v) is 2.33. The summed E-state index contributed by atoms with van der Waals surface area (Å²) in [6.07, 6.45) is 2.45. The lowest BCUT2D eigenvalue weighted by Gasteiger charge is -2.14. The van der Waals surface area contributed by atoms with Crippen LogP contribution in [0.1, 0.15) is 6.23 Å². The molecule has 1 saturated heterocycles. The van der Waals surface area contributed by atoms with E-state index in [4.69, 9.17) is 16.9 Å². The molecule has 10 nitrogen and oxygen atoms in total. The maximum Gasteiger partial charge on any atom is 0.282 e. The highest BCUT2D eigenvalue weighted by molar-refractivity contribution is 5.69. The molecule has 1 fully saturated rings. The van der Waals surface area contributed by atoms with Crippen molar-refractivity contribution >= 4 is 17.1 Å². The first-order valence-corrected chi connectivity index (χ1v) is 6.08. The molecule has 110 valence electrons. The van der Waals surface area contributed by atoms with Crippen LogP contribution in [0.5, 0.6) is 0 Å². The SMILES string of the molecule is C#CC1C(CO)OC(n2nnc3c(=O)[nH]c(N)nc32)C1O. The van der Waals surface area contributed by atoms with Gasteiger partial charge in [0.25, 0.3) is 5.56 Å². The van der Waals surface area contributed by atoms with Crippen LogP contribution in [0.2, 0.25) is 0 Å². The van der Waals surface area contributed by atoms with Crippen LogP contribution in [0.15, 0.2) is 4.79 Å². The van der Waals surface area contributed by atoms with Crippen LogP contribution >= 0.6 is 0 Å². The van der Waals surface area contributed by atoms with Gasteiger partial charge in [-0.05, 0) is 0 Å². The Morgan fingerprint density at radius 3 is 2.95 bits per heavy atom. The minimum Gasteiger partial charge on any atom is -0.394 e. The zero-order valence-electron chi connectivity index (χ0n) is 10.7. The van der Waals surface area contributed by atoms with E-state index in [1.165, 1.54) is 0 Å². The number of hydrogen-bond donors (Lipinski definition) is 4. The molecule has 1 aliphatic rings. The number of terminal acetylenes is 1. The summed E-state index contributed by atoms with van der Waals surface area (Å²) in [4.78, 5) is 17.9. The summed E-state index contributed by atoms with van der Waals surface area (Å²) in [6, 6.07) is 0. The molecule has 0 bridgehead atoms. The van der Waals surface area contributed by atoms with Crippen molar-refractivity contribution in [3.63, 3.8) is 0 Å². The van der Waals surface area contributed by atoms with Gasteiger partial charge >= 0.3 is 0 Å². The van der Waals surface area contributed by atoms with Gasteiger partial charge in [0.2, 0.25) is 5.95 Å². The number of anilines is 1. The Balaban J connectivity index is 2.10. The third-order valence-electron chi connectivity index (χ3n) is 3.34. The first-order chi connectivity index (χ1) is 10.1. The molecule has 10 heteroatoms. The Bertz CT molecular complexity index is 777. The van der Waals surface area contributed by atoms with Crippen LogP contribution in [-0.2, 0) is 4.74 Å². The highest BCUT2D eigenvalue weighted by Gasteiger charge is 2.44. The van der Waals surface area contributed by atoms with E-state index in [0.29, 0.717) is 0 Å². The van der Waals surface area contributed by atoms with E-state index < -0.39 is 29.9 Å².